The molecular weight excluding hydrogens is 497 g/mol. The summed E-state index contributed by atoms with van der Waals surface area (Å²) >= 11 is 7.82. The number of anilines is 2. The topological polar surface area (TPSA) is 88.6 Å². The van der Waals surface area contributed by atoms with Gasteiger partial charge in [-0.2, -0.15) is 0 Å². The fourth-order valence-corrected chi connectivity index (χ4v) is 4.20. The highest BCUT2D eigenvalue weighted by Crippen LogP contribution is 2.31. The molecule has 11 heteroatoms. The highest BCUT2D eigenvalue weighted by molar-refractivity contribution is 7.13. The zero-order valence-electron chi connectivity index (χ0n) is 18.8. The maximum absolute atomic E-state index is 12.6. The predicted octanol–water partition coefficient (Wildman–Crippen LogP) is 4.91. The van der Waals surface area contributed by atoms with Gasteiger partial charge in [0.15, 0.2) is 5.13 Å². The molecule has 2 aromatic heterocycles. The van der Waals surface area contributed by atoms with Crippen molar-refractivity contribution in [3.8, 4) is 11.5 Å². The molecule has 0 aliphatic carbocycles. The SMILES string of the molecule is Cc1csc(Nc2cc(Oc3cc(C(=O)NCCCN4CCOCC4)ccc3Cl)ccn2)n1.Cl. The van der Waals surface area contributed by atoms with Crippen LogP contribution in [0.2, 0.25) is 5.02 Å². The minimum absolute atomic E-state index is 0. The molecule has 0 unspecified atom stereocenters. The van der Waals surface area contributed by atoms with Crippen LogP contribution in [-0.4, -0.2) is 60.2 Å². The van der Waals surface area contributed by atoms with Gasteiger partial charge in [0.1, 0.15) is 17.3 Å². The first kappa shape index (κ1) is 26.2. The summed E-state index contributed by atoms with van der Waals surface area (Å²) in [6.45, 7) is 6.92. The number of aromatic nitrogens is 2. The van der Waals surface area contributed by atoms with Gasteiger partial charge in [-0.15, -0.1) is 23.7 Å². The van der Waals surface area contributed by atoms with E-state index in [0.717, 1.165) is 50.1 Å². The van der Waals surface area contributed by atoms with E-state index in [1.165, 1.54) is 11.3 Å². The number of rotatable bonds is 9. The van der Waals surface area contributed by atoms with Crippen molar-refractivity contribution in [2.24, 2.45) is 0 Å². The molecule has 1 aromatic carbocycles. The van der Waals surface area contributed by atoms with Crippen LogP contribution in [0, 0.1) is 6.92 Å². The van der Waals surface area contributed by atoms with Gasteiger partial charge in [0.25, 0.3) is 5.91 Å². The number of nitrogens with zero attached hydrogens (tertiary/aromatic N) is 3. The first-order chi connectivity index (χ1) is 16.1. The predicted molar refractivity (Wildman–Crippen MR) is 137 cm³/mol. The second-order valence-electron chi connectivity index (χ2n) is 7.61. The number of hydrogen-bond acceptors (Lipinski definition) is 8. The summed E-state index contributed by atoms with van der Waals surface area (Å²) in [7, 11) is 0. The van der Waals surface area contributed by atoms with E-state index >= 15 is 0 Å². The van der Waals surface area contributed by atoms with Crippen LogP contribution in [0.3, 0.4) is 0 Å². The number of halogens is 2. The number of amides is 1. The number of carbonyl (C=O) groups excluding carboxylic acids is 1. The molecule has 4 rings (SSSR count). The molecule has 34 heavy (non-hydrogen) atoms. The van der Waals surface area contributed by atoms with E-state index in [1.54, 1.807) is 36.5 Å². The van der Waals surface area contributed by atoms with Gasteiger partial charge < -0.3 is 20.1 Å². The Labute approximate surface area is 214 Å². The van der Waals surface area contributed by atoms with E-state index in [-0.39, 0.29) is 18.3 Å². The van der Waals surface area contributed by atoms with Gasteiger partial charge in [0, 0.05) is 42.8 Å². The Kier molecular flexibility index (Phi) is 9.91. The number of pyridine rings is 1. The molecule has 3 aromatic rings. The highest BCUT2D eigenvalue weighted by Gasteiger charge is 2.13. The van der Waals surface area contributed by atoms with Crippen LogP contribution < -0.4 is 15.4 Å². The molecule has 1 amide bonds. The zero-order valence-corrected chi connectivity index (χ0v) is 21.1. The van der Waals surface area contributed by atoms with Gasteiger partial charge in [-0.25, -0.2) is 9.97 Å². The maximum atomic E-state index is 12.6. The molecule has 182 valence electrons. The molecule has 1 aliphatic rings. The number of carbonyl (C=O) groups is 1. The lowest BCUT2D eigenvalue weighted by Gasteiger charge is -2.26. The van der Waals surface area contributed by atoms with E-state index in [0.29, 0.717) is 34.4 Å². The molecular formula is C23H27Cl2N5O3S. The van der Waals surface area contributed by atoms with Crippen LogP contribution in [0.15, 0.2) is 41.9 Å². The van der Waals surface area contributed by atoms with Crippen LogP contribution in [0.5, 0.6) is 11.5 Å². The van der Waals surface area contributed by atoms with E-state index in [1.807, 2.05) is 12.3 Å². The molecule has 0 saturated carbocycles. The van der Waals surface area contributed by atoms with E-state index in [4.69, 9.17) is 21.1 Å². The van der Waals surface area contributed by atoms with Gasteiger partial charge in [0.2, 0.25) is 0 Å². The summed E-state index contributed by atoms with van der Waals surface area (Å²) in [6, 6.07) is 8.49. The van der Waals surface area contributed by atoms with Gasteiger partial charge in [-0.3, -0.25) is 9.69 Å². The average Bonchev–Trinajstić information content (AvgIpc) is 3.23. The van der Waals surface area contributed by atoms with Gasteiger partial charge >= 0.3 is 0 Å². The monoisotopic (exact) mass is 523 g/mol. The average molecular weight is 524 g/mol. The third-order valence-corrected chi connectivity index (χ3v) is 6.23. The minimum atomic E-state index is -0.158. The second-order valence-corrected chi connectivity index (χ2v) is 8.87. The number of aryl methyl sites for hydroxylation is 1. The van der Waals surface area contributed by atoms with Crippen LogP contribution in [0.1, 0.15) is 22.5 Å². The first-order valence-corrected chi connectivity index (χ1v) is 12.0. The molecule has 0 atom stereocenters. The number of thiazole rings is 1. The van der Waals surface area contributed by atoms with Gasteiger partial charge in [-0.1, -0.05) is 11.6 Å². The van der Waals surface area contributed by atoms with Gasteiger partial charge in [-0.05, 0) is 44.2 Å². The van der Waals surface area contributed by atoms with Crippen molar-refractivity contribution in [3.63, 3.8) is 0 Å². The summed E-state index contributed by atoms with van der Waals surface area (Å²) < 4.78 is 11.3. The quantitative estimate of drug-likeness (QED) is 0.385. The Balaban J connectivity index is 0.00000324. The summed E-state index contributed by atoms with van der Waals surface area (Å²) in [6.07, 6.45) is 2.52. The molecule has 1 aliphatic heterocycles. The highest BCUT2D eigenvalue weighted by atomic mass is 35.5. The number of morpholine rings is 1. The molecule has 2 N–H and O–H groups in total. The minimum Gasteiger partial charge on any atom is -0.456 e. The Morgan fingerprint density at radius 3 is 2.85 bits per heavy atom. The van der Waals surface area contributed by atoms with Crippen LogP contribution in [-0.2, 0) is 4.74 Å². The normalized spacial score (nSPS) is 13.7. The van der Waals surface area contributed by atoms with Crippen LogP contribution in [0.25, 0.3) is 0 Å². The molecule has 0 bridgehead atoms. The number of benzene rings is 1. The summed E-state index contributed by atoms with van der Waals surface area (Å²) in [4.78, 5) is 23.6. The van der Waals surface area contributed by atoms with Crippen molar-refractivity contribution >= 4 is 52.2 Å². The smallest absolute Gasteiger partial charge is 0.251 e. The summed E-state index contributed by atoms with van der Waals surface area (Å²) in [5.41, 5.74) is 1.43. The molecule has 0 spiro atoms. The lowest BCUT2D eigenvalue weighted by Crippen LogP contribution is -2.38. The summed E-state index contributed by atoms with van der Waals surface area (Å²) in [5.74, 6) is 1.40. The number of hydrogen-bond donors (Lipinski definition) is 2. The number of nitrogens with one attached hydrogen (secondary N) is 2. The van der Waals surface area contributed by atoms with Crippen molar-refractivity contribution in [1.82, 2.24) is 20.2 Å². The number of ether oxygens (including phenoxy) is 2. The molecule has 1 saturated heterocycles. The van der Waals surface area contributed by atoms with Crippen molar-refractivity contribution < 1.29 is 14.3 Å². The third-order valence-electron chi connectivity index (χ3n) is 5.05. The zero-order chi connectivity index (χ0) is 23.0. The van der Waals surface area contributed by atoms with E-state index in [9.17, 15) is 4.79 Å². The molecule has 0 radical (unpaired) electrons. The van der Waals surface area contributed by atoms with Crippen molar-refractivity contribution in [1.29, 1.82) is 0 Å². The first-order valence-electron chi connectivity index (χ1n) is 10.8. The van der Waals surface area contributed by atoms with E-state index in [2.05, 4.69) is 25.5 Å². The maximum Gasteiger partial charge on any atom is 0.251 e. The largest absolute Gasteiger partial charge is 0.456 e. The Morgan fingerprint density at radius 1 is 1.26 bits per heavy atom. The fourth-order valence-electron chi connectivity index (χ4n) is 3.35. The standard InChI is InChI=1S/C23H26ClN5O3S.ClH/c1-16-15-33-23(27-16)28-21-14-18(5-7-25-21)32-20-13-17(3-4-19(20)24)22(30)26-6-2-8-29-9-11-31-12-10-29;/h3-5,7,13-15H,2,6,8-12H2,1H3,(H,26,30)(H,25,27,28);1H. The third kappa shape index (κ3) is 7.54. The molecule has 8 nitrogen and oxygen atoms in total. The molecule has 3 heterocycles. The fraction of sp³-hybridized carbons (Fsp3) is 0.348. The Morgan fingerprint density at radius 2 is 2.09 bits per heavy atom. The molecule has 1 fully saturated rings. The second kappa shape index (κ2) is 12.9. The lowest BCUT2D eigenvalue weighted by molar-refractivity contribution is 0.0374. The Hall–Kier alpha value is -2.43. The lowest BCUT2D eigenvalue weighted by atomic mass is 10.2. The van der Waals surface area contributed by atoms with Crippen LogP contribution >= 0.6 is 35.3 Å². The van der Waals surface area contributed by atoms with E-state index < -0.39 is 0 Å². The summed E-state index contributed by atoms with van der Waals surface area (Å²) in [5, 5.41) is 9.25. The van der Waals surface area contributed by atoms with Crippen LogP contribution in [0.4, 0.5) is 10.9 Å². The van der Waals surface area contributed by atoms with Gasteiger partial charge in [0.05, 0.1) is 23.9 Å². The van der Waals surface area contributed by atoms with Crippen molar-refractivity contribution in [3.05, 3.63) is 58.2 Å². The van der Waals surface area contributed by atoms with Crippen molar-refractivity contribution in [2.45, 2.75) is 13.3 Å². The van der Waals surface area contributed by atoms with Crippen molar-refractivity contribution in [2.75, 3.05) is 44.7 Å². The Bertz CT molecular complexity index is 1090.